The van der Waals surface area contributed by atoms with Crippen LogP contribution in [0.5, 0.6) is 0 Å². The Bertz CT molecular complexity index is 286. The van der Waals surface area contributed by atoms with E-state index in [4.69, 9.17) is 0 Å². The van der Waals surface area contributed by atoms with Crippen LogP contribution in [-0.4, -0.2) is 38.0 Å². The summed E-state index contributed by atoms with van der Waals surface area (Å²) in [6, 6.07) is 0. The molecule has 0 unspecified atom stereocenters. The molecule has 1 aliphatic rings. The number of carbonyl (C=O) groups excluding carboxylic acids is 2. The lowest BCUT2D eigenvalue weighted by Crippen LogP contribution is -2.46. The van der Waals surface area contributed by atoms with Crippen LogP contribution in [0.4, 0.5) is 0 Å². The zero-order chi connectivity index (χ0) is 13.4. The van der Waals surface area contributed by atoms with Gasteiger partial charge < -0.3 is 16.0 Å². The summed E-state index contributed by atoms with van der Waals surface area (Å²) in [4.78, 5) is 23.4. The monoisotopic (exact) mass is 255 g/mol. The highest BCUT2D eigenvalue weighted by molar-refractivity contribution is 5.83. The van der Waals surface area contributed by atoms with Gasteiger partial charge in [0.1, 0.15) is 0 Å². The van der Waals surface area contributed by atoms with E-state index < -0.39 is 0 Å². The van der Waals surface area contributed by atoms with Gasteiger partial charge in [-0.05, 0) is 32.4 Å². The summed E-state index contributed by atoms with van der Waals surface area (Å²) in [7, 11) is 0. The fourth-order valence-electron chi connectivity index (χ4n) is 2.06. The van der Waals surface area contributed by atoms with Crippen LogP contribution in [-0.2, 0) is 9.59 Å². The van der Waals surface area contributed by atoms with Crippen molar-refractivity contribution in [3.63, 3.8) is 0 Å². The molecule has 18 heavy (non-hydrogen) atoms. The summed E-state index contributed by atoms with van der Waals surface area (Å²) >= 11 is 0. The summed E-state index contributed by atoms with van der Waals surface area (Å²) in [6.07, 6.45) is 3.02. The molecule has 2 amide bonds. The largest absolute Gasteiger partial charge is 0.356 e. The molecule has 5 nitrogen and oxygen atoms in total. The summed E-state index contributed by atoms with van der Waals surface area (Å²) < 4.78 is 0. The highest BCUT2D eigenvalue weighted by Crippen LogP contribution is 2.27. The van der Waals surface area contributed by atoms with E-state index in [2.05, 4.69) is 16.0 Å². The van der Waals surface area contributed by atoms with Gasteiger partial charge in [-0.25, -0.2) is 0 Å². The normalized spacial score (nSPS) is 18.1. The lowest BCUT2D eigenvalue weighted by Gasteiger charge is -2.32. The fourth-order valence-corrected chi connectivity index (χ4v) is 2.06. The maximum Gasteiger partial charge on any atom is 0.226 e. The van der Waals surface area contributed by atoms with E-state index in [0.717, 1.165) is 32.4 Å². The summed E-state index contributed by atoms with van der Waals surface area (Å²) in [5.41, 5.74) is -0.273. The summed E-state index contributed by atoms with van der Waals surface area (Å²) in [5.74, 6) is 0.0832. The van der Waals surface area contributed by atoms with Crippen LogP contribution in [0.25, 0.3) is 0 Å². The van der Waals surface area contributed by atoms with Crippen molar-refractivity contribution in [3.8, 4) is 0 Å². The molecule has 1 heterocycles. The Kier molecular flexibility index (Phi) is 6.12. The Morgan fingerprint density at radius 1 is 1.17 bits per heavy atom. The number of piperidine rings is 1. The second kappa shape index (κ2) is 7.36. The maximum absolute atomic E-state index is 12.0. The van der Waals surface area contributed by atoms with E-state index >= 15 is 0 Å². The predicted molar refractivity (Wildman–Crippen MR) is 71.1 cm³/mol. The van der Waals surface area contributed by atoms with Gasteiger partial charge in [0.15, 0.2) is 0 Å². The van der Waals surface area contributed by atoms with Crippen molar-refractivity contribution < 1.29 is 9.59 Å². The molecule has 0 atom stereocenters. The summed E-state index contributed by atoms with van der Waals surface area (Å²) in [6.45, 7) is 6.93. The molecule has 0 bridgehead atoms. The third kappa shape index (κ3) is 4.64. The SMILES string of the molecule is CCCNC(=O)CCNC(=O)C1(C)CCNCC1. The van der Waals surface area contributed by atoms with Gasteiger partial charge in [-0.1, -0.05) is 13.8 Å². The molecule has 1 fully saturated rings. The van der Waals surface area contributed by atoms with Gasteiger partial charge in [0.25, 0.3) is 0 Å². The zero-order valence-corrected chi connectivity index (χ0v) is 11.5. The first-order valence-electron chi connectivity index (χ1n) is 6.84. The third-order valence-corrected chi connectivity index (χ3v) is 3.47. The van der Waals surface area contributed by atoms with Crippen LogP contribution in [0.3, 0.4) is 0 Å². The van der Waals surface area contributed by atoms with Gasteiger partial charge in [0.05, 0.1) is 0 Å². The Hall–Kier alpha value is -1.10. The number of nitrogens with one attached hydrogen (secondary N) is 3. The molecule has 0 aromatic rings. The molecular weight excluding hydrogens is 230 g/mol. The molecule has 1 saturated heterocycles. The van der Waals surface area contributed by atoms with E-state index in [1.54, 1.807) is 0 Å². The minimum absolute atomic E-state index is 0.00705. The van der Waals surface area contributed by atoms with Crippen molar-refractivity contribution in [2.45, 2.75) is 39.5 Å². The highest BCUT2D eigenvalue weighted by Gasteiger charge is 2.34. The fraction of sp³-hybridized carbons (Fsp3) is 0.846. The van der Waals surface area contributed by atoms with E-state index in [9.17, 15) is 9.59 Å². The molecule has 104 valence electrons. The van der Waals surface area contributed by atoms with E-state index in [0.29, 0.717) is 19.5 Å². The maximum atomic E-state index is 12.0. The van der Waals surface area contributed by atoms with Crippen molar-refractivity contribution in [3.05, 3.63) is 0 Å². The quantitative estimate of drug-likeness (QED) is 0.644. The topological polar surface area (TPSA) is 70.2 Å². The van der Waals surface area contributed by atoms with Gasteiger partial charge in [-0.3, -0.25) is 9.59 Å². The van der Waals surface area contributed by atoms with Crippen LogP contribution in [0, 0.1) is 5.41 Å². The number of carbonyl (C=O) groups is 2. The minimum Gasteiger partial charge on any atom is -0.356 e. The first kappa shape index (κ1) is 15.0. The average molecular weight is 255 g/mol. The molecule has 0 aromatic carbocycles. The second-order valence-electron chi connectivity index (χ2n) is 5.17. The molecule has 3 N–H and O–H groups in total. The molecule has 5 heteroatoms. The van der Waals surface area contributed by atoms with Crippen molar-refractivity contribution in [1.29, 1.82) is 0 Å². The van der Waals surface area contributed by atoms with Crippen molar-refractivity contribution in [2.75, 3.05) is 26.2 Å². The Labute approximate surface area is 109 Å². The Balaban J connectivity index is 2.22. The standard InChI is InChI=1S/C13H25N3O2/c1-3-7-15-11(17)4-8-16-12(18)13(2)5-9-14-10-6-13/h14H,3-10H2,1-2H3,(H,15,17)(H,16,18). The summed E-state index contributed by atoms with van der Waals surface area (Å²) in [5, 5.41) is 8.92. The minimum atomic E-state index is -0.273. The Morgan fingerprint density at radius 3 is 2.44 bits per heavy atom. The van der Waals surface area contributed by atoms with Crippen LogP contribution < -0.4 is 16.0 Å². The molecule has 1 aliphatic heterocycles. The molecular formula is C13H25N3O2. The highest BCUT2D eigenvalue weighted by atomic mass is 16.2. The van der Waals surface area contributed by atoms with Gasteiger partial charge in [-0.15, -0.1) is 0 Å². The first-order valence-corrected chi connectivity index (χ1v) is 6.84. The second-order valence-corrected chi connectivity index (χ2v) is 5.17. The first-order chi connectivity index (χ1) is 8.58. The van der Waals surface area contributed by atoms with Crippen molar-refractivity contribution >= 4 is 11.8 Å². The molecule has 0 aromatic heterocycles. The molecule has 0 saturated carbocycles. The van der Waals surface area contributed by atoms with E-state index in [-0.39, 0.29) is 17.2 Å². The van der Waals surface area contributed by atoms with Gasteiger partial charge in [-0.2, -0.15) is 0 Å². The molecule has 0 aliphatic carbocycles. The van der Waals surface area contributed by atoms with E-state index in [1.807, 2.05) is 13.8 Å². The predicted octanol–water partition coefficient (Wildman–Crippen LogP) is 0.409. The van der Waals surface area contributed by atoms with Crippen molar-refractivity contribution in [1.82, 2.24) is 16.0 Å². The smallest absolute Gasteiger partial charge is 0.226 e. The van der Waals surface area contributed by atoms with Gasteiger partial charge in [0, 0.05) is 24.9 Å². The van der Waals surface area contributed by atoms with Gasteiger partial charge in [0.2, 0.25) is 11.8 Å². The van der Waals surface area contributed by atoms with Crippen LogP contribution >= 0.6 is 0 Å². The average Bonchev–Trinajstić information content (AvgIpc) is 2.37. The number of hydrogen-bond acceptors (Lipinski definition) is 3. The zero-order valence-electron chi connectivity index (χ0n) is 11.5. The van der Waals surface area contributed by atoms with E-state index in [1.165, 1.54) is 0 Å². The molecule has 0 spiro atoms. The van der Waals surface area contributed by atoms with Crippen LogP contribution in [0.2, 0.25) is 0 Å². The van der Waals surface area contributed by atoms with Crippen molar-refractivity contribution in [2.24, 2.45) is 5.41 Å². The Morgan fingerprint density at radius 2 is 1.83 bits per heavy atom. The lowest BCUT2D eigenvalue weighted by atomic mass is 9.80. The van der Waals surface area contributed by atoms with Crippen LogP contribution in [0.1, 0.15) is 39.5 Å². The molecule has 0 radical (unpaired) electrons. The molecule has 1 rings (SSSR count). The number of amides is 2. The number of hydrogen-bond donors (Lipinski definition) is 3. The lowest BCUT2D eigenvalue weighted by molar-refractivity contribution is -0.131. The van der Waals surface area contributed by atoms with Crippen LogP contribution in [0.15, 0.2) is 0 Å². The third-order valence-electron chi connectivity index (χ3n) is 3.47. The van der Waals surface area contributed by atoms with Gasteiger partial charge >= 0.3 is 0 Å². The number of rotatable bonds is 6.